The van der Waals surface area contributed by atoms with E-state index in [4.69, 9.17) is 16.0 Å². The first-order valence-corrected chi connectivity index (χ1v) is 8.40. The number of halogens is 2. The van der Waals surface area contributed by atoms with Crippen molar-refractivity contribution in [3.8, 4) is 11.3 Å². The van der Waals surface area contributed by atoms with E-state index < -0.39 is 0 Å². The highest BCUT2D eigenvalue weighted by Gasteiger charge is 2.14. The molecule has 1 N–H and O–H groups in total. The Bertz CT molecular complexity index is 567. The van der Waals surface area contributed by atoms with E-state index in [2.05, 4.69) is 47.8 Å². The Balaban J connectivity index is 2.23. The molecule has 0 aliphatic rings. The molecule has 0 bridgehead atoms. The van der Waals surface area contributed by atoms with Crippen LogP contribution in [-0.4, -0.2) is 6.54 Å². The van der Waals surface area contributed by atoms with Crippen LogP contribution in [0.5, 0.6) is 0 Å². The largest absolute Gasteiger partial charge is 0.459 e. The molecule has 1 aromatic heterocycles. The van der Waals surface area contributed by atoms with Crippen LogP contribution in [0, 0.1) is 3.57 Å². The lowest BCUT2D eigenvalue weighted by molar-refractivity contribution is 0.411. The molecule has 108 valence electrons. The standard InChI is InChI=1S/C16H19ClINO/c1-3-9-19-14(4-2)16-8-7-15(20-16)12-6-5-11(17)10-13(12)18/h5-8,10,14,19H,3-4,9H2,1-2H3. The molecule has 0 aliphatic heterocycles. The highest BCUT2D eigenvalue weighted by molar-refractivity contribution is 14.1. The summed E-state index contributed by atoms with van der Waals surface area (Å²) in [4.78, 5) is 0. The molecule has 0 saturated carbocycles. The van der Waals surface area contributed by atoms with Crippen LogP contribution in [0.25, 0.3) is 11.3 Å². The predicted molar refractivity (Wildman–Crippen MR) is 93.2 cm³/mol. The van der Waals surface area contributed by atoms with E-state index in [9.17, 15) is 0 Å². The van der Waals surface area contributed by atoms with E-state index in [1.165, 1.54) is 0 Å². The van der Waals surface area contributed by atoms with Crippen molar-refractivity contribution in [3.05, 3.63) is 44.7 Å². The Morgan fingerprint density at radius 1 is 1.25 bits per heavy atom. The van der Waals surface area contributed by atoms with Gasteiger partial charge in [-0.25, -0.2) is 0 Å². The first-order chi connectivity index (χ1) is 9.65. The van der Waals surface area contributed by atoms with Gasteiger partial charge in [-0.2, -0.15) is 0 Å². The van der Waals surface area contributed by atoms with Crippen LogP contribution in [0.15, 0.2) is 34.7 Å². The summed E-state index contributed by atoms with van der Waals surface area (Å²) >= 11 is 8.28. The smallest absolute Gasteiger partial charge is 0.135 e. The Morgan fingerprint density at radius 2 is 2.05 bits per heavy atom. The number of hydrogen-bond acceptors (Lipinski definition) is 2. The summed E-state index contributed by atoms with van der Waals surface area (Å²) in [6, 6.07) is 10.2. The van der Waals surface area contributed by atoms with E-state index in [0.29, 0.717) is 0 Å². The first-order valence-electron chi connectivity index (χ1n) is 6.94. The summed E-state index contributed by atoms with van der Waals surface area (Å²) in [7, 11) is 0. The third-order valence-electron chi connectivity index (χ3n) is 3.22. The van der Waals surface area contributed by atoms with Crippen molar-refractivity contribution >= 4 is 34.2 Å². The summed E-state index contributed by atoms with van der Waals surface area (Å²) in [5.41, 5.74) is 1.09. The third kappa shape index (κ3) is 3.77. The van der Waals surface area contributed by atoms with Crippen molar-refractivity contribution < 1.29 is 4.42 Å². The lowest BCUT2D eigenvalue weighted by Crippen LogP contribution is -2.20. The fourth-order valence-corrected chi connectivity index (χ4v) is 3.28. The van der Waals surface area contributed by atoms with Crippen molar-refractivity contribution in [1.82, 2.24) is 5.32 Å². The van der Waals surface area contributed by atoms with Crippen molar-refractivity contribution in [2.24, 2.45) is 0 Å². The highest BCUT2D eigenvalue weighted by Crippen LogP contribution is 2.31. The highest BCUT2D eigenvalue weighted by atomic mass is 127. The van der Waals surface area contributed by atoms with Crippen LogP contribution in [-0.2, 0) is 0 Å². The molecule has 0 amide bonds. The Morgan fingerprint density at radius 3 is 2.70 bits per heavy atom. The SMILES string of the molecule is CCCNC(CC)c1ccc(-c2ccc(Cl)cc2I)o1. The fourth-order valence-electron chi connectivity index (χ4n) is 2.14. The second-order valence-corrected chi connectivity index (χ2v) is 6.34. The predicted octanol–water partition coefficient (Wildman–Crippen LogP) is 5.66. The maximum absolute atomic E-state index is 6.03. The molecule has 0 spiro atoms. The molecule has 0 radical (unpaired) electrons. The Kier molecular flexibility index (Phi) is 5.93. The quantitative estimate of drug-likeness (QED) is 0.630. The zero-order valence-electron chi connectivity index (χ0n) is 11.7. The van der Waals surface area contributed by atoms with Gasteiger partial charge in [0.1, 0.15) is 11.5 Å². The summed E-state index contributed by atoms with van der Waals surface area (Å²) in [6.45, 7) is 5.35. The van der Waals surface area contributed by atoms with E-state index in [1.807, 2.05) is 24.3 Å². The van der Waals surface area contributed by atoms with E-state index >= 15 is 0 Å². The van der Waals surface area contributed by atoms with E-state index in [0.717, 1.165) is 45.1 Å². The van der Waals surface area contributed by atoms with Gasteiger partial charge in [0.2, 0.25) is 0 Å². The van der Waals surface area contributed by atoms with Gasteiger partial charge in [-0.1, -0.05) is 25.4 Å². The van der Waals surface area contributed by atoms with E-state index in [-0.39, 0.29) is 6.04 Å². The normalized spacial score (nSPS) is 12.6. The summed E-state index contributed by atoms with van der Waals surface area (Å²) in [6.07, 6.45) is 2.14. The van der Waals surface area contributed by atoms with Gasteiger partial charge in [-0.3, -0.25) is 0 Å². The summed E-state index contributed by atoms with van der Waals surface area (Å²) in [5.74, 6) is 1.90. The third-order valence-corrected chi connectivity index (χ3v) is 4.34. The molecule has 2 nitrogen and oxygen atoms in total. The molecule has 20 heavy (non-hydrogen) atoms. The van der Waals surface area contributed by atoms with Crippen molar-refractivity contribution in [2.45, 2.75) is 32.7 Å². The summed E-state index contributed by atoms with van der Waals surface area (Å²) in [5, 5.41) is 4.26. The molecular formula is C16H19ClINO. The first kappa shape index (κ1) is 15.9. The second kappa shape index (κ2) is 7.48. The molecule has 4 heteroatoms. The van der Waals surface area contributed by atoms with Crippen molar-refractivity contribution in [3.63, 3.8) is 0 Å². The molecule has 2 aromatic rings. The maximum atomic E-state index is 6.03. The molecular weight excluding hydrogens is 385 g/mol. The van der Waals surface area contributed by atoms with Crippen LogP contribution < -0.4 is 5.32 Å². The van der Waals surface area contributed by atoms with Gasteiger partial charge in [0.15, 0.2) is 0 Å². The van der Waals surface area contributed by atoms with Crippen molar-refractivity contribution in [2.75, 3.05) is 6.54 Å². The van der Waals surface area contributed by atoms with Crippen LogP contribution in [0.3, 0.4) is 0 Å². The molecule has 1 atom stereocenters. The fraction of sp³-hybridized carbons (Fsp3) is 0.375. The topological polar surface area (TPSA) is 25.2 Å². The average Bonchev–Trinajstić information content (AvgIpc) is 2.89. The molecule has 0 fully saturated rings. The van der Waals surface area contributed by atoms with E-state index in [1.54, 1.807) is 0 Å². The molecule has 1 heterocycles. The molecule has 0 saturated heterocycles. The zero-order valence-corrected chi connectivity index (χ0v) is 14.7. The summed E-state index contributed by atoms with van der Waals surface area (Å²) < 4.78 is 7.13. The van der Waals surface area contributed by atoms with Crippen molar-refractivity contribution in [1.29, 1.82) is 0 Å². The molecule has 1 aromatic carbocycles. The van der Waals surface area contributed by atoms with Gasteiger partial charge < -0.3 is 9.73 Å². The monoisotopic (exact) mass is 403 g/mol. The lowest BCUT2D eigenvalue weighted by Gasteiger charge is -2.13. The molecule has 2 rings (SSSR count). The number of rotatable bonds is 6. The zero-order chi connectivity index (χ0) is 14.5. The van der Waals surface area contributed by atoms with Crippen LogP contribution >= 0.6 is 34.2 Å². The van der Waals surface area contributed by atoms with Gasteiger partial charge in [0.05, 0.1) is 6.04 Å². The van der Waals surface area contributed by atoms with Gasteiger partial charge >= 0.3 is 0 Å². The minimum atomic E-state index is 0.286. The van der Waals surface area contributed by atoms with Gasteiger partial charge in [0.25, 0.3) is 0 Å². The molecule has 0 aliphatic carbocycles. The van der Waals surface area contributed by atoms with Crippen LogP contribution in [0.1, 0.15) is 38.5 Å². The van der Waals surface area contributed by atoms with Gasteiger partial charge in [-0.05, 0) is 72.3 Å². The molecule has 1 unspecified atom stereocenters. The number of hydrogen-bond donors (Lipinski definition) is 1. The second-order valence-electron chi connectivity index (χ2n) is 4.74. The van der Waals surface area contributed by atoms with Crippen LogP contribution in [0.4, 0.5) is 0 Å². The minimum Gasteiger partial charge on any atom is -0.459 e. The number of furan rings is 1. The van der Waals surface area contributed by atoms with Gasteiger partial charge in [0, 0.05) is 14.2 Å². The minimum absolute atomic E-state index is 0.286. The number of nitrogens with one attached hydrogen (secondary N) is 1. The van der Waals surface area contributed by atoms with Gasteiger partial charge in [-0.15, -0.1) is 0 Å². The Labute approximate surface area is 139 Å². The number of benzene rings is 1. The van der Waals surface area contributed by atoms with Crippen LogP contribution in [0.2, 0.25) is 5.02 Å². The average molecular weight is 404 g/mol. The maximum Gasteiger partial charge on any atom is 0.135 e. The lowest BCUT2D eigenvalue weighted by atomic mass is 10.1. The Hall–Kier alpha value is -0.520.